The van der Waals surface area contributed by atoms with Crippen molar-refractivity contribution in [2.45, 2.75) is 37.5 Å². The maximum atomic E-state index is 12.8. The molecular formula is C21H23BrN2O2S2. The highest BCUT2D eigenvalue weighted by Gasteiger charge is 2.10. The summed E-state index contributed by atoms with van der Waals surface area (Å²) in [7, 11) is 0. The highest BCUT2D eigenvalue weighted by atomic mass is 79.9. The fourth-order valence-corrected chi connectivity index (χ4v) is 5.19. The van der Waals surface area contributed by atoms with E-state index in [1.807, 2.05) is 43.3 Å². The van der Waals surface area contributed by atoms with Crippen molar-refractivity contribution < 1.29 is 9.53 Å². The van der Waals surface area contributed by atoms with E-state index < -0.39 is 0 Å². The number of hydrogen-bond donors (Lipinski definition) is 0. The van der Waals surface area contributed by atoms with E-state index in [9.17, 15) is 4.79 Å². The first-order valence-electron chi connectivity index (χ1n) is 9.20. The lowest BCUT2D eigenvalue weighted by Crippen LogP contribution is -2.19. The van der Waals surface area contributed by atoms with Gasteiger partial charge in [-0.25, -0.2) is 0 Å². The quantitative estimate of drug-likeness (QED) is 0.321. The summed E-state index contributed by atoms with van der Waals surface area (Å²) in [6.07, 6.45) is 0. The molecule has 0 aliphatic heterocycles. The number of fused-ring (bicyclic) bond motifs is 1. The predicted octanol–water partition coefficient (Wildman–Crippen LogP) is 5.74. The summed E-state index contributed by atoms with van der Waals surface area (Å²) in [6.45, 7) is 8.19. The van der Waals surface area contributed by atoms with Gasteiger partial charge in [0.05, 0.1) is 16.8 Å². The minimum atomic E-state index is -0.225. The summed E-state index contributed by atoms with van der Waals surface area (Å²) in [5, 5.41) is 0.508. The lowest BCUT2D eigenvalue weighted by atomic mass is 10.2. The Morgan fingerprint density at radius 1 is 1.25 bits per heavy atom. The van der Waals surface area contributed by atoms with Gasteiger partial charge in [-0.2, -0.15) is 4.99 Å². The van der Waals surface area contributed by atoms with E-state index in [1.54, 1.807) is 11.8 Å². The number of aromatic nitrogens is 1. The van der Waals surface area contributed by atoms with Gasteiger partial charge in [-0.15, -0.1) is 11.8 Å². The Morgan fingerprint density at radius 3 is 2.68 bits per heavy atom. The van der Waals surface area contributed by atoms with Gasteiger partial charge in [0.2, 0.25) is 0 Å². The van der Waals surface area contributed by atoms with E-state index >= 15 is 0 Å². The van der Waals surface area contributed by atoms with Crippen molar-refractivity contribution in [3.05, 3.63) is 57.3 Å². The number of rotatable bonds is 7. The third kappa shape index (κ3) is 5.35. The summed E-state index contributed by atoms with van der Waals surface area (Å²) in [4.78, 5) is 19.0. The molecule has 3 rings (SSSR count). The van der Waals surface area contributed by atoms with Crippen LogP contribution in [0.1, 0.15) is 31.1 Å². The molecule has 1 aromatic heterocycles. The molecule has 0 fully saturated rings. The molecule has 3 aromatic rings. The largest absolute Gasteiger partial charge is 0.380 e. The van der Waals surface area contributed by atoms with Crippen molar-refractivity contribution in [2.24, 2.45) is 4.99 Å². The van der Waals surface area contributed by atoms with Crippen LogP contribution in [0.2, 0.25) is 0 Å². The number of hydrogen-bond acceptors (Lipinski definition) is 4. The Labute approximate surface area is 181 Å². The SMILES string of the molecule is CCOCCn1c(=NC(=O)c2ccc(SC(C)C)cc2)sc2cc(Br)ccc21. The number of carbonyl (C=O) groups is 1. The number of halogens is 1. The number of thioether (sulfide) groups is 1. The first kappa shape index (κ1) is 21.3. The average Bonchev–Trinajstić information content (AvgIpc) is 2.98. The summed E-state index contributed by atoms with van der Waals surface area (Å²) >= 11 is 6.81. The number of thiazole rings is 1. The van der Waals surface area contributed by atoms with Crippen molar-refractivity contribution in [2.75, 3.05) is 13.2 Å². The van der Waals surface area contributed by atoms with E-state index in [0.717, 1.165) is 19.6 Å². The number of carbonyl (C=O) groups excluding carboxylic acids is 1. The topological polar surface area (TPSA) is 43.6 Å². The van der Waals surface area contributed by atoms with Gasteiger partial charge in [0.1, 0.15) is 0 Å². The minimum absolute atomic E-state index is 0.225. The molecule has 148 valence electrons. The Balaban J connectivity index is 1.95. The Morgan fingerprint density at radius 2 is 2.00 bits per heavy atom. The van der Waals surface area contributed by atoms with Crippen LogP contribution in [-0.4, -0.2) is 28.9 Å². The molecule has 0 unspecified atom stereocenters. The van der Waals surface area contributed by atoms with E-state index in [1.165, 1.54) is 11.3 Å². The van der Waals surface area contributed by atoms with Gasteiger partial charge in [-0.3, -0.25) is 4.79 Å². The van der Waals surface area contributed by atoms with Crippen LogP contribution in [0.15, 0.2) is 56.8 Å². The average molecular weight is 479 g/mol. The lowest BCUT2D eigenvalue weighted by molar-refractivity contribution is 0.0996. The minimum Gasteiger partial charge on any atom is -0.380 e. The van der Waals surface area contributed by atoms with Gasteiger partial charge < -0.3 is 9.30 Å². The maximum Gasteiger partial charge on any atom is 0.279 e. The van der Waals surface area contributed by atoms with E-state index in [0.29, 0.717) is 35.4 Å². The second kappa shape index (κ2) is 9.87. The van der Waals surface area contributed by atoms with Crippen LogP contribution >= 0.6 is 39.0 Å². The highest BCUT2D eigenvalue weighted by molar-refractivity contribution is 9.10. The zero-order valence-corrected chi connectivity index (χ0v) is 19.4. The van der Waals surface area contributed by atoms with Crippen molar-refractivity contribution in [3.63, 3.8) is 0 Å². The molecule has 0 saturated heterocycles. The maximum absolute atomic E-state index is 12.8. The second-order valence-corrected chi connectivity index (χ2v) is 10.0. The zero-order valence-electron chi connectivity index (χ0n) is 16.1. The Hall–Kier alpha value is -1.41. The molecule has 0 spiro atoms. The molecule has 1 heterocycles. The fourth-order valence-electron chi connectivity index (χ4n) is 2.75. The fraction of sp³-hybridized carbons (Fsp3) is 0.333. The predicted molar refractivity (Wildman–Crippen MR) is 121 cm³/mol. The Kier molecular flexibility index (Phi) is 7.51. The molecule has 4 nitrogen and oxygen atoms in total. The Bertz CT molecular complexity index is 1020. The van der Waals surface area contributed by atoms with Gasteiger partial charge >= 0.3 is 0 Å². The molecule has 0 saturated carbocycles. The van der Waals surface area contributed by atoms with Crippen LogP contribution in [0.3, 0.4) is 0 Å². The third-order valence-corrected chi connectivity index (χ3v) is 6.53. The zero-order chi connectivity index (χ0) is 20.1. The van der Waals surface area contributed by atoms with Crippen molar-refractivity contribution >= 4 is 55.2 Å². The molecule has 2 aromatic carbocycles. The molecule has 0 N–H and O–H groups in total. The molecule has 28 heavy (non-hydrogen) atoms. The first-order valence-corrected chi connectivity index (χ1v) is 11.7. The van der Waals surface area contributed by atoms with Gasteiger partial charge in [0.15, 0.2) is 4.80 Å². The molecule has 1 amide bonds. The normalized spacial score (nSPS) is 12.2. The standard InChI is InChI=1S/C21H23BrN2O2S2/c1-4-26-12-11-24-18-10-7-16(22)13-19(18)28-21(24)23-20(25)15-5-8-17(9-6-15)27-14(2)3/h5-10,13-14H,4,11-12H2,1-3H3. The summed E-state index contributed by atoms with van der Waals surface area (Å²) in [5.74, 6) is -0.225. The monoisotopic (exact) mass is 478 g/mol. The molecule has 0 atom stereocenters. The van der Waals surface area contributed by atoms with E-state index in [-0.39, 0.29) is 5.91 Å². The van der Waals surface area contributed by atoms with Gasteiger partial charge in [-0.05, 0) is 49.4 Å². The number of nitrogens with zero attached hydrogens (tertiary/aromatic N) is 2. The van der Waals surface area contributed by atoms with Crippen LogP contribution in [0.25, 0.3) is 10.2 Å². The number of amides is 1. The molecule has 0 aliphatic carbocycles. The van der Waals surface area contributed by atoms with E-state index in [2.05, 4.69) is 45.4 Å². The number of benzene rings is 2. The van der Waals surface area contributed by atoms with Gasteiger partial charge in [-0.1, -0.05) is 41.1 Å². The highest BCUT2D eigenvalue weighted by Crippen LogP contribution is 2.24. The van der Waals surface area contributed by atoms with Gasteiger partial charge in [0, 0.05) is 33.3 Å². The molecule has 0 bridgehead atoms. The third-order valence-electron chi connectivity index (χ3n) is 3.98. The van der Waals surface area contributed by atoms with Gasteiger partial charge in [0.25, 0.3) is 5.91 Å². The smallest absolute Gasteiger partial charge is 0.279 e. The van der Waals surface area contributed by atoms with Crippen LogP contribution in [-0.2, 0) is 11.3 Å². The molecule has 7 heteroatoms. The first-order chi connectivity index (χ1) is 13.5. The van der Waals surface area contributed by atoms with Crippen molar-refractivity contribution in [3.8, 4) is 0 Å². The molecule has 0 aliphatic rings. The van der Waals surface area contributed by atoms with Crippen molar-refractivity contribution in [1.82, 2.24) is 4.57 Å². The van der Waals surface area contributed by atoms with Crippen LogP contribution < -0.4 is 4.80 Å². The number of ether oxygens (including phenoxy) is 1. The van der Waals surface area contributed by atoms with Crippen molar-refractivity contribution in [1.29, 1.82) is 0 Å². The molecular weight excluding hydrogens is 456 g/mol. The van der Waals surface area contributed by atoms with Crippen LogP contribution in [0.5, 0.6) is 0 Å². The second-order valence-electron chi connectivity index (χ2n) is 6.45. The van der Waals surface area contributed by atoms with E-state index in [4.69, 9.17) is 4.74 Å². The summed E-state index contributed by atoms with van der Waals surface area (Å²) in [6, 6.07) is 13.8. The van der Waals surface area contributed by atoms with Crippen LogP contribution in [0, 0.1) is 0 Å². The molecule has 0 radical (unpaired) electrons. The summed E-state index contributed by atoms with van der Waals surface area (Å²) in [5.41, 5.74) is 1.66. The summed E-state index contributed by atoms with van der Waals surface area (Å²) < 4.78 is 9.67. The van der Waals surface area contributed by atoms with Crippen LogP contribution in [0.4, 0.5) is 0 Å². The lowest BCUT2D eigenvalue weighted by Gasteiger charge is -2.06.